The van der Waals surface area contributed by atoms with Gasteiger partial charge in [-0.05, 0) is 18.5 Å². The van der Waals surface area contributed by atoms with Crippen molar-refractivity contribution < 1.29 is 18.7 Å². The second kappa shape index (κ2) is 7.06. The molecular weight excluding hydrogens is 240 g/mol. The summed E-state index contributed by atoms with van der Waals surface area (Å²) in [5, 5.41) is 11.9. The van der Waals surface area contributed by atoms with Crippen molar-refractivity contribution >= 4 is 5.97 Å². The van der Waals surface area contributed by atoms with Crippen LogP contribution in [0.5, 0.6) is 0 Å². The van der Waals surface area contributed by atoms with Crippen molar-refractivity contribution in [3.63, 3.8) is 0 Å². The van der Waals surface area contributed by atoms with Crippen molar-refractivity contribution in [3.8, 4) is 0 Å². The molecule has 0 saturated carbocycles. The minimum Gasteiger partial charge on any atom is -0.481 e. The van der Waals surface area contributed by atoms with Gasteiger partial charge in [-0.15, -0.1) is 0 Å². The zero-order valence-corrected chi connectivity index (χ0v) is 10.2. The van der Waals surface area contributed by atoms with E-state index in [2.05, 4.69) is 5.32 Å². The molecule has 0 saturated heterocycles. The molecule has 1 unspecified atom stereocenters. The number of alkyl halides is 2. The Labute approximate surface area is 105 Å². The van der Waals surface area contributed by atoms with E-state index in [4.69, 9.17) is 5.11 Å². The molecule has 18 heavy (non-hydrogen) atoms. The van der Waals surface area contributed by atoms with Crippen LogP contribution in [0.1, 0.15) is 43.4 Å². The van der Waals surface area contributed by atoms with Crippen LogP contribution in [0, 0.1) is 0 Å². The maximum absolute atomic E-state index is 12.4. The smallest absolute Gasteiger partial charge is 0.305 e. The van der Waals surface area contributed by atoms with Crippen molar-refractivity contribution in [2.75, 3.05) is 6.54 Å². The zero-order valence-electron chi connectivity index (χ0n) is 10.2. The first-order chi connectivity index (χ1) is 8.54. The quantitative estimate of drug-likeness (QED) is 0.789. The van der Waals surface area contributed by atoms with Gasteiger partial charge >= 0.3 is 5.97 Å². The van der Waals surface area contributed by atoms with Gasteiger partial charge in [0.05, 0.1) is 6.42 Å². The van der Waals surface area contributed by atoms with Crippen LogP contribution in [0.2, 0.25) is 0 Å². The molecule has 0 aromatic heterocycles. The Bertz CT molecular complexity index is 379. The third-order valence-corrected chi connectivity index (χ3v) is 2.61. The number of carboxylic acids is 1. The number of benzene rings is 1. The van der Waals surface area contributed by atoms with Crippen LogP contribution in [-0.2, 0) is 4.79 Å². The van der Waals surface area contributed by atoms with Crippen molar-refractivity contribution in [2.45, 2.75) is 32.2 Å². The van der Waals surface area contributed by atoms with Gasteiger partial charge in [0.2, 0.25) is 0 Å². The van der Waals surface area contributed by atoms with E-state index in [-0.39, 0.29) is 18.0 Å². The summed E-state index contributed by atoms with van der Waals surface area (Å²) in [6.07, 6.45) is -1.68. The van der Waals surface area contributed by atoms with Crippen LogP contribution < -0.4 is 5.32 Å². The van der Waals surface area contributed by atoms with E-state index >= 15 is 0 Å². The molecule has 3 nitrogen and oxygen atoms in total. The van der Waals surface area contributed by atoms with Gasteiger partial charge in [0.25, 0.3) is 6.43 Å². The number of carboxylic acid groups (broad SMARTS) is 1. The summed E-state index contributed by atoms with van der Waals surface area (Å²) < 4.78 is 24.8. The minimum absolute atomic E-state index is 0.0525. The van der Waals surface area contributed by atoms with Crippen molar-refractivity contribution in [1.29, 1.82) is 0 Å². The van der Waals surface area contributed by atoms with E-state index in [1.165, 1.54) is 12.1 Å². The third kappa shape index (κ3) is 4.41. The normalized spacial score (nSPS) is 12.7. The summed E-state index contributed by atoms with van der Waals surface area (Å²) in [4.78, 5) is 10.8. The average molecular weight is 257 g/mol. The largest absolute Gasteiger partial charge is 0.481 e. The predicted molar refractivity (Wildman–Crippen MR) is 64.7 cm³/mol. The topological polar surface area (TPSA) is 49.3 Å². The fourth-order valence-electron chi connectivity index (χ4n) is 1.67. The first-order valence-corrected chi connectivity index (χ1v) is 5.87. The Morgan fingerprint density at radius 3 is 2.28 bits per heavy atom. The summed E-state index contributed by atoms with van der Waals surface area (Å²) in [7, 11) is 0. The lowest BCUT2D eigenvalue weighted by Crippen LogP contribution is -2.24. The Hall–Kier alpha value is -1.49. The van der Waals surface area contributed by atoms with Crippen molar-refractivity contribution in [1.82, 2.24) is 5.32 Å². The molecule has 1 rings (SSSR count). The van der Waals surface area contributed by atoms with Crippen LogP contribution in [0.25, 0.3) is 0 Å². The lowest BCUT2D eigenvalue weighted by atomic mass is 10.0. The number of halogens is 2. The standard InChI is InChI=1S/C13H17F2NO2/c1-2-7-16-11(8-12(17)18)9-3-5-10(6-4-9)13(14)15/h3-6,11,13,16H,2,7-8H2,1H3,(H,17,18). The van der Waals surface area contributed by atoms with E-state index in [9.17, 15) is 13.6 Å². The van der Waals surface area contributed by atoms with E-state index in [0.717, 1.165) is 12.0 Å². The number of rotatable bonds is 7. The van der Waals surface area contributed by atoms with Gasteiger partial charge in [0.1, 0.15) is 0 Å². The highest BCUT2D eigenvalue weighted by molar-refractivity contribution is 5.67. The van der Waals surface area contributed by atoms with Gasteiger partial charge in [-0.1, -0.05) is 31.2 Å². The monoisotopic (exact) mass is 257 g/mol. The second-order valence-corrected chi connectivity index (χ2v) is 4.07. The molecule has 0 aliphatic rings. The molecular formula is C13H17F2NO2. The third-order valence-electron chi connectivity index (χ3n) is 2.61. The lowest BCUT2D eigenvalue weighted by Gasteiger charge is -2.17. The number of carbonyl (C=O) groups is 1. The van der Waals surface area contributed by atoms with E-state index < -0.39 is 12.4 Å². The maximum Gasteiger partial charge on any atom is 0.305 e. The lowest BCUT2D eigenvalue weighted by molar-refractivity contribution is -0.137. The minimum atomic E-state index is -2.50. The summed E-state index contributed by atoms with van der Waals surface area (Å²) in [6.45, 7) is 2.67. The van der Waals surface area contributed by atoms with Crippen molar-refractivity contribution in [3.05, 3.63) is 35.4 Å². The van der Waals surface area contributed by atoms with Crippen LogP contribution in [-0.4, -0.2) is 17.6 Å². The molecule has 0 fully saturated rings. The highest BCUT2D eigenvalue weighted by Crippen LogP contribution is 2.22. The number of hydrogen-bond acceptors (Lipinski definition) is 2. The zero-order chi connectivity index (χ0) is 13.5. The van der Waals surface area contributed by atoms with Gasteiger partial charge in [-0.25, -0.2) is 8.78 Å². The first-order valence-electron chi connectivity index (χ1n) is 5.87. The molecule has 0 aliphatic heterocycles. The molecule has 1 atom stereocenters. The van der Waals surface area contributed by atoms with Crippen molar-refractivity contribution in [2.24, 2.45) is 0 Å². The number of nitrogens with one attached hydrogen (secondary N) is 1. The molecule has 2 N–H and O–H groups in total. The summed E-state index contributed by atoms with van der Waals surface area (Å²) in [5.41, 5.74) is 0.665. The van der Waals surface area contributed by atoms with E-state index in [0.29, 0.717) is 6.54 Å². The van der Waals surface area contributed by atoms with Crippen LogP contribution in [0.15, 0.2) is 24.3 Å². The summed E-state index contributed by atoms with van der Waals surface area (Å²) in [6, 6.07) is 5.44. The molecule has 5 heteroatoms. The Morgan fingerprint density at radius 1 is 1.28 bits per heavy atom. The molecule has 0 bridgehead atoms. The summed E-state index contributed by atoms with van der Waals surface area (Å²) >= 11 is 0. The summed E-state index contributed by atoms with van der Waals surface area (Å²) in [5.74, 6) is -0.915. The van der Waals surface area contributed by atoms with Gasteiger partial charge in [0, 0.05) is 11.6 Å². The van der Waals surface area contributed by atoms with Crippen LogP contribution in [0.4, 0.5) is 8.78 Å². The highest BCUT2D eigenvalue weighted by Gasteiger charge is 2.15. The van der Waals surface area contributed by atoms with Gasteiger partial charge in [0.15, 0.2) is 0 Å². The average Bonchev–Trinajstić information content (AvgIpc) is 2.34. The molecule has 100 valence electrons. The van der Waals surface area contributed by atoms with Gasteiger partial charge in [-0.3, -0.25) is 4.79 Å². The van der Waals surface area contributed by atoms with Crippen LogP contribution in [0.3, 0.4) is 0 Å². The molecule has 0 radical (unpaired) electrons. The molecule has 0 aliphatic carbocycles. The molecule has 1 aromatic rings. The Balaban J connectivity index is 2.80. The SMILES string of the molecule is CCCNC(CC(=O)O)c1ccc(C(F)F)cc1. The predicted octanol–water partition coefficient (Wildman–Crippen LogP) is 3.14. The Morgan fingerprint density at radius 2 is 1.83 bits per heavy atom. The molecule has 0 heterocycles. The number of aliphatic carboxylic acids is 1. The number of hydrogen-bond donors (Lipinski definition) is 2. The van der Waals surface area contributed by atoms with Crippen LogP contribution >= 0.6 is 0 Å². The molecule has 0 spiro atoms. The molecule has 0 amide bonds. The highest BCUT2D eigenvalue weighted by atomic mass is 19.3. The maximum atomic E-state index is 12.4. The fraction of sp³-hybridized carbons (Fsp3) is 0.462. The first kappa shape index (κ1) is 14.6. The molecule has 1 aromatic carbocycles. The van der Waals surface area contributed by atoms with E-state index in [1.54, 1.807) is 12.1 Å². The fourth-order valence-corrected chi connectivity index (χ4v) is 1.67. The van der Waals surface area contributed by atoms with E-state index in [1.807, 2.05) is 6.92 Å². The second-order valence-electron chi connectivity index (χ2n) is 4.07. The van der Waals surface area contributed by atoms with Gasteiger partial charge < -0.3 is 10.4 Å². The van der Waals surface area contributed by atoms with Gasteiger partial charge in [-0.2, -0.15) is 0 Å². The Kier molecular flexibility index (Phi) is 5.71.